The minimum absolute atomic E-state index is 0.0239. The molecule has 1 fully saturated rings. The van der Waals surface area contributed by atoms with E-state index in [2.05, 4.69) is 12.2 Å². The fraction of sp³-hybridized carbons (Fsp3) is 0.562. The molecule has 0 atom stereocenters. The second kappa shape index (κ2) is 5.56. The second-order valence-corrected chi connectivity index (χ2v) is 6.19. The van der Waals surface area contributed by atoms with Gasteiger partial charge in [-0.15, -0.1) is 0 Å². The molecule has 3 N–H and O–H groups in total. The van der Waals surface area contributed by atoms with Crippen molar-refractivity contribution < 1.29 is 14.3 Å². The molecule has 0 bridgehead atoms. The molecule has 1 aromatic carbocycles. The number of hydrogen-bond donors (Lipinski definition) is 2. The van der Waals surface area contributed by atoms with Gasteiger partial charge in [0.2, 0.25) is 12.7 Å². The summed E-state index contributed by atoms with van der Waals surface area (Å²) >= 11 is 0. The van der Waals surface area contributed by atoms with Crippen molar-refractivity contribution in [3.8, 4) is 11.5 Å². The van der Waals surface area contributed by atoms with Gasteiger partial charge >= 0.3 is 0 Å². The van der Waals surface area contributed by atoms with Crippen molar-refractivity contribution in [2.75, 3.05) is 18.7 Å². The van der Waals surface area contributed by atoms with Gasteiger partial charge in [-0.25, -0.2) is 0 Å². The molecule has 0 radical (unpaired) electrons. The van der Waals surface area contributed by atoms with Gasteiger partial charge in [0.1, 0.15) is 0 Å². The average molecular weight is 290 g/mol. The molecule has 1 heterocycles. The van der Waals surface area contributed by atoms with Crippen LogP contribution in [-0.4, -0.2) is 19.2 Å². The van der Waals surface area contributed by atoms with Crippen LogP contribution in [0.2, 0.25) is 0 Å². The highest BCUT2D eigenvalue weighted by atomic mass is 16.7. The Morgan fingerprint density at radius 2 is 2.05 bits per heavy atom. The van der Waals surface area contributed by atoms with E-state index in [0.29, 0.717) is 24.0 Å². The topological polar surface area (TPSA) is 73.6 Å². The highest BCUT2D eigenvalue weighted by Crippen LogP contribution is 2.40. The number of carbonyl (C=O) groups is 1. The van der Waals surface area contributed by atoms with Crippen LogP contribution < -0.4 is 20.5 Å². The van der Waals surface area contributed by atoms with Crippen LogP contribution in [0.15, 0.2) is 18.2 Å². The Labute approximate surface area is 124 Å². The molecule has 2 aliphatic rings. The lowest BCUT2D eigenvalue weighted by atomic mass is 9.70. The van der Waals surface area contributed by atoms with Crippen LogP contribution in [0.3, 0.4) is 0 Å². The molecule has 0 aromatic heterocycles. The van der Waals surface area contributed by atoms with E-state index >= 15 is 0 Å². The Hall–Kier alpha value is -1.75. The number of carbonyl (C=O) groups excluding carboxylic acids is 1. The second-order valence-electron chi connectivity index (χ2n) is 6.19. The van der Waals surface area contributed by atoms with E-state index in [1.54, 1.807) is 6.07 Å². The number of ether oxygens (including phenoxy) is 2. The van der Waals surface area contributed by atoms with E-state index in [9.17, 15) is 4.79 Å². The van der Waals surface area contributed by atoms with E-state index in [1.807, 2.05) is 12.1 Å². The first kappa shape index (κ1) is 14.2. The third-order valence-corrected chi connectivity index (χ3v) is 4.73. The van der Waals surface area contributed by atoms with Crippen LogP contribution in [0.1, 0.15) is 32.6 Å². The summed E-state index contributed by atoms with van der Waals surface area (Å²) in [5.41, 5.74) is 6.23. The van der Waals surface area contributed by atoms with Gasteiger partial charge in [-0.05, 0) is 43.7 Å². The molecule has 0 spiro atoms. The standard InChI is InChI=1S/C16H22N2O3/c1-11-4-6-16(9-17,7-5-11)15(19)18-12-2-3-13-14(8-12)21-10-20-13/h2-3,8,11H,4-7,9-10,17H2,1H3,(H,18,19). The number of hydrogen-bond acceptors (Lipinski definition) is 4. The number of benzene rings is 1. The Balaban J connectivity index is 1.73. The average Bonchev–Trinajstić information content (AvgIpc) is 2.96. The first-order chi connectivity index (χ1) is 10.1. The maximum atomic E-state index is 12.7. The van der Waals surface area contributed by atoms with Gasteiger partial charge in [0.05, 0.1) is 5.41 Å². The first-order valence-corrected chi connectivity index (χ1v) is 7.54. The van der Waals surface area contributed by atoms with Crippen molar-refractivity contribution in [2.24, 2.45) is 17.1 Å². The molecule has 0 unspecified atom stereocenters. The molecule has 5 heteroatoms. The van der Waals surface area contributed by atoms with E-state index in [1.165, 1.54) is 0 Å². The molecule has 21 heavy (non-hydrogen) atoms. The van der Waals surface area contributed by atoms with E-state index in [0.717, 1.165) is 31.4 Å². The maximum Gasteiger partial charge on any atom is 0.231 e. The van der Waals surface area contributed by atoms with Gasteiger partial charge in [-0.2, -0.15) is 0 Å². The summed E-state index contributed by atoms with van der Waals surface area (Å²) in [5.74, 6) is 2.10. The molecule has 3 rings (SSSR count). The summed E-state index contributed by atoms with van der Waals surface area (Å²) in [7, 11) is 0. The number of fused-ring (bicyclic) bond motifs is 1. The third-order valence-electron chi connectivity index (χ3n) is 4.73. The highest BCUT2D eigenvalue weighted by Gasteiger charge is 2.39. The van der Waals surface area contributed by atoms with Crippen molar-refractivity contribution in [2.45, 2.75) is 32.6 Å². The molecule has 1 aliphatic carbocycles. The lowest BCUT2D eigenvalue weighted by Crippen LogP contribution is -2.44. The molecule has 1 saturated carbocycles. The van der Waals surface area contributed by atoms with Crippen LogP contribution in [0.25, 0.3) is 0 Å². The summed E-state index contributed by atoms with van der Waals surface area (Å²) in [6, 6.07) is 5.45. The molecule has 1 aliphatic heterocycles. The van der Waals surface area contributed by atoms with Crippen LogP contribution in [0.5, 0.6) is 11.5 Å². The fourth-order valence-corrected chi connectivity index (χ4v) is 3.08. The number of nitrogens with two attached hydrogens (primary N) is 1. The molecular formula is C16H22N2O3. The van der Waals surface area contributed by atoms with Gasteiger partial charge in [-0.3, -0.25) is 4.79 Å². The Bertz CT molecular complexity index is 536. The minimum Gasteiger partial charge on any atom is -0.454 e. The van der Waals surface area contributed by atoms with Crippen molar-refractivity contribution in [3.05, 3.63) is 18.2 Å². The number of anilines is 1. The molecule has 5 nitrogen and oxygen atoms in total. The summed E-state index contributed by atoms with van der Waals surface area (Å²) < 4.78 is 10.6. The molecule has 114 valence electrons. The molecule has 0 saturated heterocycles. The Morgan fingerprint density at radius 1 is 1.33 bits per heavy atom. The third kappa shape index (κ3) is 2.70. The van der Waals surface area contributed by atoms with E-state index in [4.69, 9.17) is 15.2 Å². The van der Waals surface area contributed by atoms with E-state index in [-0.39, 0.29) is 12.7 Å². The largest absolute Gasteiger partial charge is 0.454 e. The van der Waals surface area contributed by atoms with Gasteiger partial charge in [0.25, 0.3) is 0 Å². The molecule has 1 aromatic rings. The number of rotatable bonds is 3. The lowest BCUT2D eigenvalue weighted by Gasteiger charge is -2.37. The zero-order valence-corrected chi connectivity index (χ0v) is 12.4. The normalized spacial score (nSPS) is 27.4. The minimum atomic E-state index is -0.428. The van der Waals surface area contributed by atoms with Crippen molar-refractivity contribution in [1.29, 1.82) is 0 Å². The van der Waals surface area contributed by atoms with Crippen LogP contribution in [-0.2, 0) is 4.79 Å². The Morgan fingerprint density at radius 3 is 2.76 bits per heavy atom. The quantitative estimate of drug-likeness (QED) is 0.897. The van der Waals surface area contributed by atoms with Crippen molar-refractivity contribution in [1.82, 2.24) is 0 Å². The highest BCUT2D eigenvalue weighted by molar-refractivity contribution is 5.95. The summed E-state index contributed by atoms with van der Waals surface area (Å²) in [6.07, 6.45) is 3.85. The van der Waals surface area contributed by atoms with Gasteiger partial charge < -0.3 is 20.5 Å². The van der Waals surface area contributed by atoms with Gasteiger partial charge in [0.15, 0.2) is 11.5 Å². The monoisotopic (exact) mass is 290 g/mol. The SMILES string of the molecule is CC1CCC(CN)(C(=O)Nc2ccc3c(c2)OCO3)CC1. The summed E-state index contributed by atoms with van der Waals surface area (Å²) in [6.45, 7) is 2.86. The summed E-state index contributed by atoms with van der Waals surface area (Å²) in [4.78, 5) is 12.7. The molecule has 1 amide bonds. The van der Waals surface area contributed by atoms with Crippen molar-refractivity contribution >= 4 is 11.6 Å². The van der Waals surface area contributed by atoms with Crippen LogP contribution in [0.4, 0.5) is 5.69 Å². The lowest BCUT2D eigenvalue weighted by molar-refractivity contribution is -0.127. The van der Waals surface area contributed by atoms with Crippen LogP contribution in [0, 0.1) is 11.3 Å². The predicted molar refractivity (Wildman–Crippen MR) is 80.3 cm³/mol. The van der Waals surface area contributed by atoms with Gasteiger partial charge in [0, 0.05) is 18.3 Å². The fourth-order valence-electron chi connectivity index (χ4n) is 3.08. The predicted octanol–water partition coefficient (Wildman–Crippen LogP) is 2.51. The number of amides is 1. The summed E-state index contributed by atoms with van der Waals surface area (Å²) in [5, 5.41) is 2.99. The smallest absolute Gasteiger partial charge is 0.231 e. The van der Waals surface area contributed by atoms with Gasteiger partial charge in [-0.1, -0.05) is 6.92 Å². The van der Waals surface area contributed by atoms with E-state index < -0.39 is 5.41 Å². The maximum absolute atomic E-state index is 12.7. The Kier molecular flexibility index (Phi) is 3.76. The molecular weight excluding hydrogens is 268 g/mol. The van der Waals surface area contributed by atoms with Crippen molar-refractivity contribution in [3.63, 3.8) is 0 Å². The zero-order chi connectivity index (χ0) is 14.9. The number of nitrogens with one attached hydrogen (secondary N) is 1. The van der Waals surface area contributed by atoms with Crippen LogP contribution >= 0.6 is 0 Å². The zero-order valence-electron chi connectivity index (χ0n) is 12.4. The first-order valence-electron chi connectivity index (χ1n) is 7.54.